The fraction of sp³-hybridized carbons (Fsp3) is 0.306. The number of ether oxygens (including phenoxy) is 1. The Bertz CT molecular complexity index is 3100. The number of fused-ring (bicyclic) bond motifs is 3. The van der Waals surface area contributed by atoms with Crippen molar-refractivity contribution in [3.63, 3.8) is 0 Å². The van der Waals surface area contributed by atoms with Gasteiger partial charge in [0.15, 0.2) is 0 Å². The predicted molar refractivity (Wildman–Crippen MR) is 285 cm³/mol. The average Bonchev–Trinajstić information content (AvgIpc) is 3.89. The van der Waals surface area contributed by atoms with Gasteiger partial charge in [-0.2, -0.15) is 0 Å². The number of pyridine rings is 1. The second kappa shape index (κ2) is 17.2. The molecule has 9 rings (SSSR count). The molecule has 5 nitrogen and oxygen atoms in total. The van der Waals surface area contributed by atoms with Gasteiger partial charge in [-0.1, -0.05) is 163 Å². The molecule has 0 bridgehead atoms. The second-order valence-electron chi connectivity index (χ2n) is 22.3. The van der Waals surface area contributed by atoms with Crippen LogP contribution >= 0.6 is 0 Å². The van der Waals surface area contributed by atoms with E-state index in [1.54, 1.807) is 0 Å². The summed E-state index contributed by atoms with van der Waals surface area (Å²) < 4.78 is 9.35. The van der Waals surface area contributed by atoms with Gasteiger partial charge in [-0.05, 0) is 122 Å². The molecule has 0 unspecified atom stereocenters. The number of anilines is 2. The summed E-state index contributed by atoms with van der Waals surface area (Å²) in [5.41, 5.74) is 15.8. The van der Waals surface area contributed by atoms with Gasteiger partial charge < -0.3 is 14.5 Å². The van der Waals surface area contributed by atoms with Gasteiger partial charge in [0.25, 0.3) is 0 Å². The van der Waals surface area contributed by atoms with Gasteiger partial charge in [-0.25, -0.2) is 4.98 Å². The molecule has 8 aromatic rings. The molecular formula is C62H68N4O. The Labute approximate surface area is 399 Å². The van der Waals surface area contributed by atoms with E-state index in [9.17, 15) is 0 Å². The molecular weight excluding hydrogens is 817 g/mol. The van der Waals surface area contributed by atoms with Crippen molar-refractivity contribution >= 4 is 33.2 Å². The Kier molecular flexibility index (Phi) is 11.7. The average molecular weight is 885 g/mol. The number of rotatable bonds is 9. The highest BCUT2D eigenvalue weighted by atomic mass is 16.5. The molecule has 0 N–H and O–H groups in total. The van der Waals surface area contributed by atoms with Crippen LogP contribution in [0.25, 0.3) is 49.9 Å². The lowest BCUT2D eigenvalue weighted by molar-refractivity contribution is 0.483. The molecule has 342 valence electrons. The number of benzene rings is 6. The van der Waals surface area contributed by atoms with Gasteiger partial charge in [0.2, 0.25) is 0 Å². The lowest BCUT2D eigenvalue weighted by atomic mass is 9.85. The van der Waals surface area contributed by atoms with Crippen molar-refractivity contribution in [1.82, 2.24) is 9.55 Å². The van der Waals surface area contributed by atoms with Crippen LogP contribution in [0, 0.1) is 5.41 Å². The van der Waals surface area contributed by atoms with Gasteiger partial charge in [-0.15, -0.1) is 0 Å². The van der Waals surface area contributed by atoms with E-state index in [0.717, 1.165) is 50.6 Å². The Morgan fingerprint density at radius 3 is 1.76 bits per heavy atom. The smallest absolute Gasteiger partial charge is 0.138 e. The van der Waals surface area contributed by atoms with E-state index >= 15 is 0 Å². The third kappa shape index (κ3) is 9.01. The van der Waals surface area contributed by atoms with E-state index in [-0.39, 0.29) is 16.2 Å². The van der Waals surface area contributed by atoms with Crippen molar-refractivity contribution in [2.24, 2.45) is 5.41 Å². The molecule has 0 aliphatic carbocycles. The molecule has 0 atom stereocenters. The van der Waals surface area contributed by atoms with Crippen molar-refractivity contribution in [2.75, 3.05) is 16.5 Å². The maximum absolute atomic E-state index is 7.05. The first-order valence-electron chi connectivity index (χ1n) is 24.2. The van der Waals surface area contributed by atoms with E-state index in [0.29, 0.717) is 18.5 Å². The molecule has 0 spiro atoms. The largest absolute Gasteiger partial charge is 0.457 e. The molecule has 2 aromatic heterocycles. The fourth-order valence-electron chi connectivity index (χ4n) is 9.72. The fourth-order valence-corrected chi connectivity index (χ4v) is 9.72. The second-order valence-corrected chi connectivity index (χ2v) is 22.3. The van der Waals surface area contributed by atoms with Crippen molar-refractivity contribution in [3.8, 4) is 39.6 Å². The number of aromatic nitrogens is 2. The number of allylic oxidation sites excluding steroid dienone is 1. The molecule has 1 aliphatic rings. The van der Waals surface area contributed by atoms with Crippen LogP contribution < -0.4 is 14.5 Å². The first-order chi connectivity index (χ1) is 31.7. The van der Waals surface area contributed by atoms with Gasteiger partial charge in [-0.3, -0.25) is 4.57 Å². The lowest BCUT2D eigenvalue weighted by Crippen LogP contribution is -2.30. The molecule has 0 saturated carbocycles. The van der Waals surface area contributed by atoms with E-state index in [4.69, 9.17) is 9.72 Å². The predicted octanol–water partition coefficient (Wildman–Crippen LogP) is 17.3. The monoisotopic (exact) mass is 885 g/mol. The highest BCUT2D eigenvalue weighted by molar-refractivity contribution is 6.09. The van der Waals surface area contributed by atoms with Gasteiger partial charge in [0.05, 0.1) is 17.7 Å². The van der Waals surface area contributed by atoms with Gasteiger partial charge in [0.1, 0.15) is 17.3 Å². The zero-order valence-corrected chi connectivity index (χ0v) is 42.0. The SMILES string of the molecule is CC(C)c1cccc(C(C)C)c1-c1ccnc(-n2c3ccccc3c3ccc(Oc4cc(-c5ccc(C(C)(C)C)cc5)cc(N5C=C(C(C)(C)C)N(c6ccc(C(C)(C)C)cc6)C5)c4)cc32)c1. The normalized spacial score (nSPS) is 13.7. The summed E-state index contributed by atoms with van der Waals surface area (Å²) in [5.74, 6) is 3.18. The number of hydrogen-bond donors (Lipinski definition) is 0. The molecule has 6 aromatic carbocycles. The van der Waals surface area contributed by atoms with Crippen LogP contribution in [-0.2, 0) is 10.8 Å². The molecule has 1 aliphatic heterocycles. The van der Waals surface area contributed by atoms with E-state index in [1.807, 2.05) is 6.20 Å². The van der Waals surface area contributed by atoms with Crippen LogP contribution in [0.5, 0.6) is 11.5 Å². The van der Waals surface area contributed by atoms with E-state index < -0.39 is 0 Å². The third-order valence-corrected chi connectivity index (χ3v) is 13.5. The summed E-state index contributed by atoms with van der Waals surface area (Å²) in [6.45, 7) is 30.3. The standard InChI is InChI=1S/C62H68N4O/c1-40(2)51-18-16-19-52(41(3)4)59(51)43-31-32-63-58(35-43)66-55-20-15-14-17-53(55)54-30-29-49(37-56(54)66)67-50-34-44(42-21-23-45(24-22-42)60(5,6)7)33-48(36-50)64-38-57(62(11,12)13)65(39-64)47-27-25-46(26-28-47)61(8,9)10/h14-38,40-41H,39H2,1-13H3. The minimum atomic E-state index is -0.0893. The van der Waals surface area contributed by atoms with Crippen LogP contribution in [0.1, 0.15) is 124 Å². The van der Waals surface area contributed by atoms with Crippen LogP contribution in [0.4, 0.5) is 11.4 Å². The first kappa shape index (κ1) is 45.6. The Morgan fingerprint density at radius 2 is 1.13 bits per heavy atom. The van der Waals surface area contributed by atoms with Crippen molar-refractivity contribution in [3.05, 3.63) is 180 Å². The Morgan fingerprint density at radius 1 is 0.507 bits per heavy atom. The molecule has 5 heteroatoms. The molecule has 0 radical (unpaired) electrons. The highest BCUT2D eigenvalue weighted by Crippen LogP contribution is 2.43. The third-order valence-electron chi connectivity index (χ3n) is 13.5. The number of nitrogens with zero attached hydrogens (tertiary/aromatic N) is 4. The van der Waals surface area contributed by atoms with E-state index in [1.165, 1.54) is 50.2 Å². The summed E-state index contributed by atoms with van der Waals surface area (Å²) >= 11 is 0. The molecule has 3 heterocycles. The summed E-state index contributed by atoms with van der Waals surface area (Å²) in [7, 11) is 0. The number of hydrogen-bond acceptors (Lipinski definition) is 4. The molecule has 0 fully saturated rings. The summed E-state index contributed by atoms with van der Waals surface area (Å²) in [4.78, 5) is 9.90. The van der Waals surface area contributed by atoms with Crippen LogP contribution in [-0.4, -0.2) is 16.2 Å². The highest BCUT2D eigenvalue weighted by Gasteiger charge is 2.32. The summed E-state index contributed by atoms with van der Waals surface area (Å²) in [6.07, 6.45) is 4.30. The summed E-state index contributed by atoms with van der Waals surface area (Å²) in [6, 6.07) is 51.2. The quantitative estimate of drug-likeness (QED) is 0.145. The molecule has 0 amide bonds. The Balaban J connectivity index is 1.15. The maximum atomic E-state index is 7.05. The summed E-state index contributed by atoms with van der Waals surface area (Å²) in [5, 5.41) is 2.33. The van der Waals surface area contributed by atoms with Gasteiger partial charge >= 0.3 is 0 Å². The van der Waals surface area contributed by atoms with Gasteiger partial charge in [0, 0.05) is 57.8 Å². The van der Waals surface area contributed by atoms with Crippen molar-refractivity contribution in [2.45, 2.75) is 113 Å². The maximum Gasteiger partial charge on any atom is 0.138 e. The van der Waals surface area contributed by atoms with E-state index in [2.05, 4.69) is 250 Å². The molecule has 67 heavy (non-hydrogen) atoms. The van der Waals surface area contributed by atoms with Crippen LogP contribution in [0.2, 0.25) is 0 Å². The zero-order valence-electron chi connectivity index (χ0n) is 42.0. The van der Waals surface area contributed by atoms with Crippen LogP contribution in [0.15, 0.2) is 158 Å². The minimum absolute atomic E-state index is 0.0560. The van der Waals surface area contributed by atoms with Crippen LogP contribution in [0.3, 0.4) is 0 Å². The topological polar surface area (TPSA) is 33.5 Å². The molecule has 0 saturated heterocycles. The zero-order chi connectivity index (χ0) is 47.6. The number of para-hydroxylation sites is 1. The minimum Gasteiger partial charge on any atom is -0.457 e. The first-order valence-corrected chi connectivity index (χ1v) is 24.2. The Hall–Kier alpha value is -6.59. The lowest BCUT2D eigenvalue weighted by Gasteiger charge is -2.31. The van der Waals surface area contributed by atoms with Crippen molar-refractivity contribution < 1.29 is 4.74 Å². The van der Waals surface area contributed by atoms with Crippen molar-refractivity contribution in [1.29, 1.82) is 0 Å².